The van der Waals surface area contributed by atoms with Gasteiger partial charge in [0, 0.05) is 0 Å². The number of hydrogen-bond acceptors (Lipinski definition) is 2. The predicted octanol–water partition coefficient (Wildman–Crippen LogP) is 5.88. The third kappa shape index (κ3) is 25.8. The summed E-state index contributed by atoms with van der Waals surface area (Å²) in [6, 6.07) is 0. The second kappa shape index (κ2) is 20.9. The van der Waals surface area contributed by atoms with Gasteiger partial charge in [-0.15, -0.1) is 0 Å². The zero-order chi connectivity index (χ0) is 17.2. The summed E-state index contributed by atoms with van der Waals surface area (Å²) in [5.41, 5.74) is 0. The van der Waals surface area contributed by atoms with Crippen LogP contribution < -0.4 is 0 Å². The van der Waals surface area contributed by atoms with Gasteiger partial charge in [-0.3, -0.25) is 4.55 Å². The molecule has 24 heavy (non-hydrogen) atoms. The van der Waals surface area contributed by atoms with Crippen molar-refractivity contribution in [2.75, 3.05) is 5.75 Å². The molecule has 1 N–H and O–H groups in total. The molecule has 0 atom stereocenters. The van der Waals surface area contributed by atoms with Crippen molar-refractivity contribution in [3.8, 4) is 0 Å². The van der Waals surface area contributed by atoms with Gasteiger partial charge in [-0.2, -0.15) is 8.42 Å². The van der Waals surface area contributed by atoms with Gasteiger partial charge < -0.3 is 0 Å². The van der Waals surface area contributed by atoms with E-state index in [1.807, 2.05) is 0 Å². The van der Waals surface area contributed by atoms with E-state index in [9.17, 15) is 8.42 Å². The first kappa shape index (κ1) is 27.8. The third-order valence-corrected chi connectivity index (χ3v) is 5.31. The summed E-state index contributed by atoms with van der Waals surface area (Å²) in [6.07, 6.45) is 21.8. The standard InChI is InChI=1S/C19H40O3S.K.H/c1-2-3-4-5-6-7-8-9-10-11-12-13-14-15-16-17-18-19-23(20,21)22;;/h2-19H2,1H3,(H,20,21,22);;. The molecule has 0 saturated heterocycles. The van der Waals surface area contributed by atoms with Gasteiger partial charge in [0.2, 0.25) is 0 Å². The van der Waals surface area contributed by atoms with E-state index in [1.54, 1.807) is 0 Å². The Morgan fingerprint density at radius 3 is 1.04 bits per heavy atom. The zero-order valence-electron chi connectivity index (χ0n) is 15.4. The molecule has 0 radical (unpaired) electrons. The minimum absolute atomic E-state index is 0. The van der Waals surface area contributed by atoms with E-state index in [4.69, 9.17) is 4.55 Å². The Kier molecular flexibility index (Phi) is 24.1. The number of unbranched alkanes of at least 4 members (excludes halogenated alkanes) is 16. The molecule has 0 fully saturated rings. The normalized spacial score (nSPS) is 11.4. The Morgan fingerprint density at radius 2 is 0.792 bits per heavy atom. The van der Waals surface area contributed by atoms with Crippen molar-refractivity contribution >= 4 is 61.5 Å². The summed E-state index contributed by atoms with van der Waals surface area (Å²) in [7, 11) is -3.74. The first-order valence-electron chi connectivity index (χ1n) is 10.0. The van der Waals surface area contributed by atoms with Crippen LogP contribution in [0.5, 0.6) is 0 Å². The third-order valence-electron chi connectivity index (χ3n) is 4.51. The molecule has 0 spiro atoms. The second-order valence-corrected chi connectivity index (χ2v) is 8.51. The monoisotopic (exact) mass is 388 g/mol. The summed E-state index contributed by atoms with van der Waals surface area (Å²) >= 11 is 0. The summed E-state index contributed by atoms with van der Waals surface area (Å²) < 4.78 is 29.7. The Hall–Kier alpha value is 1.55. The van der Waals surface area contributed by atoms with Gasteiger partial charge >= 0.3 is 51.4 Å². The van der Waals surface area contributed by atoms with E-state index in [0.29, 0.717) is 6.42 Å². The fourth-order valence-electron chi connectivity index (χ4n) is 3.01. The SMILES string of the molecule is CCCCCCCCCCCCCCCCCCCS(=O)(=O)O.[KH]. The molecule has 0 aromatic heterocycles. The fraction of sp³-hybridized carbons (Fsp3) is 1.00. The van der Waals surface area contributed by atoms with E-state index < -0.39 is 10.1 Å². The number of hydrogen-bond donors (Lipinski definition) is 1. The summed E-state index contributed by atoms with van der Waals surface area (Å²) in [6.45, 7) is 2.27. The molecule has 0 aliphatic carbocycles. The Balaban J connectivity index is 0. The van der Waals surface area contributed by atoms with Gasteiger partial charge in [0.15, 0.2) is 0 Å². The number of rotatable bonds is 18. The molecule has 0 aromatic carbocycles. The summed E-state index contributed by atoms with van der Waals surface area (Å²) in [5, 5.41) is 0. The predicted molar refractivity (Wildman–Crippen MR) is 108 cm³/mol. The van der Waals surface area contributed by atoms with Gasteiger partial charge in [-0.25, -0.2) is 0 Å². The van der Waals surface area contributed by atoms with Gasteiger partial charge in [0.25, 0.3) is 10.1 Å². The van der Waals surface area contributed by atoms with Crippen molar-refractivity contribution in [2.45, 2.75) is 116 Å². The molecule has 0 bridgehead atoms. The van der Waals surface area contributed by atoms with E-state index in [2.05, 4.69) is 6.92 Å². The molecule has 0 heterocycles. The summed E-state index contributed by atoms with van der Waals surface area (Å²) in [4.78, 5) is 0. The van der Waals surface area contributed by atoms with Crippen LogP contribution in [0.25, 0.3) is 0 Å². The van der Waals surface area contributed by atoms with Gasteiger partial charge in [-0.1, -0.05) is 110 Å². The minimum atomic E-state index is -3.74. The van der Waals surface area contributed by atoms with Gasteiger partial charge in [0.05, 0.1) is 5.75 Å². The molecular weight excluding hydrogens is 347 g/mol. The molecule has 0 rings (SSSR count). The van der Waals surface area contributed by atoms with Gasteiger partial charge in [-0.05, 0) is 6.42 Å². The van der Waals surface area contributed by atoms with Gasteiger partial charge in [0.1, 0.15) is 0 Å². The van der Waals surface area contributed by atoms with Crippen molar-refractivity contribution in [3.63, 3.8) is 0 Å². The van der Waals surface area contributed by atoms with Crippen LogP contribution in [-0.2, 0) is 10.1 Å². The first-order valence-corrected chi connectivity index (χ1v) is 11.6. The van der Waals surface area contributed by atoms with Crippen molar-refractivity contribution in [2.24, 2.45) is 0 Å². The van der Waals surface area contributed by atoms with Crippen LogP contribution in [0.15, 0.2) is 0 Å². The molecule has 0 amide bonds. The average Bonchev–Trinajstić information content (AvgIpc) is 2.49. The quantitative estimate of drug-likeness (QED) is 0.181. The molecular formula is C19H41KO3S. The van der Waals surface area contributed by atoms with Crippen LogP contribution in [0.3, 0.4) is 0 Å². The van der Waals surface area contributed by atoms with Crippen molar-refractivity contribution < 1.29 is 13.0 Å². The fourth-order valence-corrected chi connectivity index (χ4v) is 3.58. The van der Waals surface area contributed by atoms with Crippen molar-refractivity contribution in [1.29, 1.82) is 0 Å². The first-order chi connectivity index (χ1) is 11.1. The van der Waals surface area contributed by atoms with E-state index in [1.165, 1.54) is 89.9 Å². The molecule has 5 heteroatoms. The second-order valence-electron chi connectivity index (χ2n) is 6.94. The molecule has 0 saturated carbocycles. The molecule has 0 aliphatic rings. The zero-order valence-corrected chi connectivity index (χ0v) is 16.2. The molecule has 0 aliphatic heterocycles. The van der Waals surface area contributed by atoms with Crippen LogP contribution in [0.2, 0.25) is 0 Å². The Labute approximate surface area is 194 Å². The average molecular weight is 389 g/mol. The van der Waals surface area contributed by atoms with Crippen LogP contribution in [0.1, 0.15) is 116 Å². The maximum atomic E-state index is 10.5. The van der Waals surface area contributed by atoms with Crippen LogP contribution in [0.4, 0.5) is 0 Å². The summed E-state index contributed by atoms with van der Waals surface area (Å²) in [5.74, 6) is -0.0778. The maximum absolute atomic E-state index is 10.5. The topological polar surface area (TPSA) is 54.4 Å². The van der Waals surface area contributed by atoms with Crippen molar-refractivity contribution in [1.82, 2.24) is 0 Å². The van der Waals surface area contributed by atoms with E-state index in [-0.39, 0.29) is 57.1 Å². The van der Waals surface area contributed by atoms with Crippen LogP contribution in [0, 0.1) is 0 Å². The van der Waals surface area contributed by atoms with Crippen LogP contribution >= 0.6 is 0 Å². The van der Waals surface area contributed by atoms with E-state index in [0.717, 1.165) is 12.8 Å². The Morgan fingerprint density at radius 1 is 0.542 bits per heavy atom. The van der Waals surface area contributed by atoms with Crippen molar-refractivity contribution in [3.05, 3.63) is 0 Å². The molecule has 142 valence electrons. The Bertz CT molecular complexity index is 332. The van der Waals surface area contributed by atoms with Crippen LogP contribution in [-0.4, -0.2) is 70.1 Å². The molecule has 0 aromatic rings. The molecule has 0 unspecified atom stereocenters. The van der Waals surface area contributed by atoms with E-state index >= 15 is 0 Å². The molecule has 3 nitrogen and oxygen atoms in total.